The van der Waals surface area contributed by atoms with Crippen molar-refractivity contribution in [3.05, 3.63) is 28.8 Å². The number of rotatable bonds is 3. The molecule has 0 aliphatic carbocycles. The normalized spacial score (nSPS) is 10.9. The molecule has 0 radical (unpaired) electrons. The van der Waals surface area contributed by atoms with Crippen molar-refractivity contribution in [1.82, 2.24) is 14.9 Å². The molecule has 2 rings (SSSR count). The van der Waals surface area contributed by atoms with E-state index < -0.39 is 5.82 Å². The molecule has 0 aliphatic heterocycles. The first kappa shape index (κ1) is 13.1. The summed E-state index contributed by atoms with van der Waals surface area (Å²) >= 11 is 11.5. The van der Waals surface area contributed by atoms with Gasteiger partial charge >= 0.3 is 0 Å². The Hall–Kier alpha value is -1.33. The van der Waals surface area contributed by atoms with Crippen LogP contribution in [0.3, 0.4) is 0 Å². The van der Waals surface area contributed by atoms with Gasteiger partial charge in [-0.05, 0) is 6.07 Å². The fraction of sp³-hybridized carbons (Fsp3) is 0.273. The Kier molecular flexibility index (Phi) is 3.73. The monoisotopic (exact) mass is 289 g/mol. The Morgan fingerprint density at radius 3 is 2.89 bits per heavy atom. The smallest absolute Gasteiger partial charge is 0.239 e. The molecule has 7 heteroatoms. The van der Waals surface area contributed by atoms with Crippen LogP contribution in [0.4, 0.5) is 4.39 Å². The minimum absolute atomic E-state index is 0.0123. The summed E-state index contributed by atoms with van der Waals surface area (Å²) in [6, 6.07) is 2.67. The molecular formula is C11H10Cl2FN3O. The number of imidazole rings is 1. The lowest BCUT2D eigenvalue weighted by molar-refractivity contribution is -0.121. The Morgan fingerprint density at radius 2 is 2.28 bits per heavy atom. The van der Waals surface area contributed by atoms with E-state index in [0.29, 0.717) is 16.9 Å². The van der Waals surface area contributed by atoms with Gasteiger partial charge < -0.3 is 9.88 Å². The van der Waals surface area contributed by atoms with Crippen molar-refractivity contribution in [1.29, 1.82) is 0 Å². The highest BCUT2D eigenvalue weighted by molar-refractivity contribution is 6.31. The molecule has 0 aliphatic rings. The van der Waals surface area contributed by atoms with Gasteiger partial charge in [0.1, 0.15) is 18.2 Å². The highest BCUT2D eigenvalue weighted by atomic mass is 35.5. The van der Waals surface area contributed by atoms with Crippen LogP contribution in [0.25, 0.3) is 11.0 Å². The number of hydrogen-bond donors (Lipinski definition) is 1. The second-order valence-electron chi connectivity index (χ2n) is 3.68. The highest BCUT2D eigenvalue weighted by Gasteiger charge is 2.14. The maximum Gasteiger partial charge on any atom is 0.239 e. The Bertz CT molecular complexity index is 612. The van der Waals surface area contributed by atoms with Crippen LogP contribution < -0.4 is 5.32 Å². The van der Waals surface area contributed by atoms with E-state index in [1.165, 1.54) is 19.2 Å². The zero-order chi connectivity index (χ0) is 13.3. The molecule has 2 aromatic rings. The number of alkyl halides is 1. The first-order valence-corrected chi connectivity index (χ1v) is 6.08. The quantitative estimate of drug-likeness (QED) is 0.882. The molecule has 96 valence electrons. The second-order valence-corrected chi connectivity index (χ2v) is 4.35. The summed E-state index contributed by atoms with van der Waals surface area (Å²) in [5.41, 5.74) is 1.01. The van der Waals surface area contributed by atoms with E-state index in [9.17, 15) is 9.18 Å². The molecule has 0 saturated carbocycles. The largest absolute Gasteiger partial charge is 0.358 e. The number of aromatic nitrogens is 2. The van der Waals surface area contributed by atoms with Gasteiger partial charge in [-0.3, -0.25) is 4.79 Å². The summed E-state index contributed by atoms with van der Waals surface area (Å²) in [5.74, 6) is -0.113. The number of nitrogens with one attached hydrogen (secondary N) is 1. The van der Waals surface area contributed by atoms with Gasteiger partial charge in [0.2, 0.25) is 5.91 Å². The summed E-state index contributed by atoms with van der Waals surface area (Å²) in [4.78, 5) is 15.6. The van der Waals surface area contributed by atoms with Crippen molar-refractivity contribution in [3.8, 4) is 0 Å². The van der Waals surface area contributed by atoms with Gasteiger partial charge in [0.15, 0.2) is 0 Å². The van der Waals surface area contributed by atoms with E-state index >= 15 is 0 Å². The average molecular weight is 290 g/mol. The Balaban J connectivity index is 2.61. The summed E-state index contributed by atoms with van der Waals surface area (Å²) < 4.78 is 14.9. The van der Waals surface area contributed by atoms with Crippen LogP contribution in [-0.4, -0.2) is 22.5 Å². The van der Waals surface area contributed by atoms with Crippen molar-refractivity contribution in [2.24, 2.45) is 0 Å². The molecule has 1 aromatic carbocycles. The van der Waals surface area contributed by atoms with Gasteiger partial charge in [-0.2, -0.15) is 0 Å². The summed E-state index contributed by atoms with van der Waals surface area (Å²) in [7, 11) is 1.54. The SMILES string of the molecule is CNC(=O)Cn1c(CCl)nc2cc(F)c(Cl)cc21. The molecule has 0 fully saturated rings. The first-order chi connectivity index (χ1) is 8.56. The molecule has 0 spiro atoms. The standard InChI is InChI=1S/C11H10Cl2FN3O/c1-15-11(18)5-17-9-2-6(13)7(14)3-8(9)16-10(17)4-12/h2-3H,4-5H2,1H3,(H,15,18). The lowest BCUT2D eigenvalue weighted by atomic mass is 10.3. The van der Waals surface area contributed by atoms with Crippen LogP contribution in [0.2, 0.25) is 5.02 Å². The van der Waals surface area contributed by atoms with Crippen molar-refractivity contribution < 1.29 is 9.18 Å². The summed E-state index contributed by atoms with van der Waals surface area (Å²) in [5, 5.41) is 2.50. The Labute approximate surface area is 113 Å². The zero-order valence-electron chi connectivity index (χ0n) is 9.51. The number of amides is 1. The van der Waals surface area contributed by atoms with Crippen molar-refractivity contribution >= 4 is 40.1 Å². The van der Waals surface area contributed by atoms with Crippen LogP contribution >= 0.6 is 23.2 Å². The maximum atomic E-state index is 13.3. The topological polar surface area (TPSA) is 46.9 Å². The molecule has 1 aromatic heterocycles. The molecule has 1 heterocycles. The molecule has 0 bridgehead atoms. The summed E-state index contributed by atoms with van der Waals surface area (Å²) in [6.07, 6.45) is 0. The third-order valence-electron chi connectivity index (χ3n) is 2.57. The average Bonchev–Trinajstić information content (AvgIpc) is 2.67. The van der Waals surface area contributed by atoms with Gasteiger partial charge in [-0.1, -0.05) is 11.6 Å². The van der Waals surface area contributed by atoms with Crippen LogP contribution in [-0.2, 0) is 17.2 Å². The number of hydrogen-bond acceptors (Lipinski definition) is 2. The van der Waals surface area contributed by atoms with Crippen LogP contribution in [0.5, 0.6) is 0 Å². The molecule has 1 N–H and O–H groups in total. The predicted octanol–water partition coefficient (Wildman–Crippen LogP) is 2.31. The molecule has 1 amide bonds. The number of carbonyl (C=O) groups is 1. The first-order valence-electron chi connectivity index (χ1n) is 5.17. The number of likely N-dealkylation sites (N-methyl/N-ethyl adjacent to an activating group) is 1. The minimum atomic E-state index is -0.546. The molecule has 4 nitrogen and oxygen atoms in total. The number of carbonyl (C=O) groups excluding carboxylic acids is 1. The lowest BCUT2D eigenvalue weighted by Gasteiger charge is -2.06. The van der Waals surface area contributed by atoms with Gasteiger partial charge in [0.25, 0.3) is 0 Å². The molecular weight excluding hydrogens is 280 g/mol. The van der Waals surface area contributed by atoms with Crippen molar-refractivity contribution in [3.63, 3.8) is 0 Å². The maximum absolute atomic E-state index is 13.3. The highest BCUT2D eigenvalue weighted by Crippen LogP contribution is 2.24. The zero-order valence-corrected chi connectivity index (χ0v) is 11.0. The molecule has 0 saturated heterocycles. The fourth-order valence-electron chi connectivity index (χ4n) is 1.67. The molecule has 18 heavy (non-hydrogen) atoms. The van der Waals surface area contributed by atoms with Gasteiger partial charge in [0, 0.05) is 13.1 Å². The van der Waals surface area contributed by atoms with Gasteiger partial charge in [-0.25, -0.2) is 9.37 Å². The second kappa shape index (κ2) is 5.12. The number of fused-ring (bicyclic) bond motifs is 1. The van der Waals surface area contributed by atoms with Gasteiger partial charge in [-0.15, -0.1) is 11.6 Å². The van der Waals surface area contributed by atoms with E-state index in [0.717, 1.165) is 0 Å². The fourth-order valence-corrected chi connectivity index (χ4v) is 2.03. The van der Waals surface area contributed by atoms with Crippen LogP contribution in [0.15, 0.2) is 12.1 Å². The summed E-state index contributed by atoms with van der Waals surface area (Å²) in [6.45, 7) is 0.0665. The third kappa shape index (κ3) is 2.28. The van der Waals surface area contributed by atoms with E-state index in [4.69, 9.17) is 23.2 Å². The van der Waals surface area contributed by atoms with Crippen LogP contribution in [0.1, 0.15) is 5.82 Å². The van der Waals surface area contributed by atoms with Crippen LogP contribution in [0, 0.1) is 5.82 Å². The molecule has 0 atom stereocenters. The van der Waals surface area contributed by atoms with E-state index in [-0.39, 0.29) is 23.4 Å². The third-order valence-corrected chi connectivity index (χ3v) is 3.10. The predicted molar refractivity (Wildman–Crippen MR) is 68.3 cm³/mol. The number of halogens is 3. The van der Waals surface area contributed by atoms with Gasteiger partial charge in [0.05, 0.1) is 21.9 Å². The van der Waals surface area contributed by atoms with Crippen molar-refractivity contribution in [2.45, 2.75) is 12.4 Å². The van der Waals surface area contributed by atoms with E-state index in [2.05, 4.69) is 10.3 Å². The minimum Gasteiger partial charge on any atom is -0.358 e. The Morgan fingerprint density at radius 1 is 1.56 bits per heavy atom. The van der Waals surface area contributed by atoms with E-state index in [1.807, 2.05) is 0 Å². The molecule has 0 unspecified atom stereocenters. The lowest BCUT2D eigenvalue weighted by Crippen LogP contribution is -2.24. The van der Waals surface area contributed by atoms with Crippen molar-refractivity contribution in [2.75, 3.05) is 7.05 Å². The number of nitrogens with zero attached hydrogens (tertiary/aromatic N) is 2. The number of benzene rings is 1. The van der Waals surface area contributed by atoms with E-state index in [1.54, 1.807) is 4.57 Å².